The predicted octanol–water partition coefficient (Wildman–Crippen LogP) is -8.04. The van der Waals surface area contributed by atoms with Gasteiger partial charge in [0.15, 0.2) is 25.2 Å². The van der Waals surface area contributed by atoms with E-state index in [1.165, 1.54) is 13.8 Å². The Bertz CT molecular complexity index is 1740. The van der Waals surface area contributed by atoms with Crippen molar-refractivity contribution in [2.45, 2.75) is 181 Å². The van der Waals surface area contributed by atoms with E-state index in [-0.39, 0.29) is 0 Å². The number of carbonyl (C=O) groups is 3. The number of aliphatic carboxylic acids is 1. The van der Waals surface area contributed by atoms with E-state index in [1.54, 1.807) is 13.6 Å². The van der Waals surface area contributed by atoms with Crippen LogP contribution in [0.5, 0.6) is 0 Å². The molecule has 0 spiro atoms. The highest BCUT2D eigenvalue weighted by Crippen LogP contribution is 2.46. The van der Waals surface area contributed by atoms with Crippen LogP contribution in [0, 0.1) is 11.8 Å². The van der Waals surface area contributed by atoms with Crippen LogP contribution in [0.25, 0.3) is 0 Å². The van der Waals surface area contributed by atoms with Crippen molar-refractivity contribution in [3.05, 3.63) is 0 Å². The second-order valence-corrected chi connectivity index (χ2v) is 21.8. The number of ether oxygens (including phenoxy) is 9. The Morgan fingerprint density at radius 1 is 0.676 bits per heavy atom. The van der Waals surface area contributed by atoms with E-state index in [0.717, 1.165) is 6.92 Å². The van der Waals surface area contributed by atoms with E-state index in [0.29, 0.717) is 0 Å². The van der Waals surface area contributed by atoms with Crippen molar-refractivity contribution < 1.29 is 133 Å². The maximum Gasteiger partial charge on any atom is 0.364 e. The smallest absolute Gasteiger partial charge is 0.364 e. The first-order valence-electron chi connectivity index (χ1n) is 22.7. The van der Waals surface area contributed by atoms with Gasteiger partial charge >= 0.3 is 5.97 Å². The number of carbonyl (C=O) groups excluding carboxylic acids is 2. The Kier molecular flexibility index (Phi) is 22.0. The topological polar surface area (TPSA) is 451 Å². The lowest BCUT2D eigenvalue weighted by Crippen LogP contribution is -2.68. The zero-order valence-electron chi connectivity index (χ0n) is 39.3. The molecule has 5 fully saturated rings. The van der Waals surface area contributed by atoms with Crippen molar-refractivity contribution in [3.8, 4) is 0 Å². The molecule has 11 unspecified atom stereocenters. The molecule has 0 aromatic heterocycles. The van der Waals surface area contributed by atoms with Crippen LogP contribution in [0.2, 0.25) is 0 Å². The Labute approximate surface area is 410 Å². The van der Waals surface area contributed by atoms with E-state index >= 15 is 0 Å². The number of hydrogen-bond donors (Lipinski definition) is 16. The first-order chi connectivity index (χ1) is 33.3. The summed E-state index contributed by atoms with van der Waals surface area (Å²) in [6.45, 7) is 2.77. The number of carboxylic acids is 1. The third-order valence-electron chi connectivity index (χ3n) is 13.1. The minimum Gasteiger partial charge on any atom is -0.477 e. The lowest BCUT2D eigenvalue weighted by molar-refractivity contribution is -0.364. The van der Waals surface area contributed by atoms with Gasteiger partial charge in [0, 0.05) is 39.9 Å². The average Bonchev–Trinajstić information content (AvgIpc) is 3.31. The minimum atomic E-state index is -2.77. The summed E-state index contributed by atoms with van der Waals surface area (Å²) in [5, 5.41) is 155. The number of rotatable bonds is 20. The van der Waals surface area contributed by atoms with Crippen molar-refractivity contribution in [1.29, 1.82) is 0 Å². The molecule has 0 aromatic carbocycles. The molecule has 0 aliphatic carbocycles. The standard InChI is InChI=1S/C40H70N2O27P2/c1-12-16(48)6-40(39(58)59,68-32(12)25(51)17(49)7-43)61-11-21-26(52)29(55)31(57)37(64-21)66-33-19(9-45)63-35(23(28(33)54)42-15(4)47)60-10-20-27(53)30(56)34(38(65-20)69-71(5)70)67-36-22(41-14(3)46)24(50)13(2)18(8-44)62-36/h12-13,16-38,43-45,48-57H,6-11,70H2,1-5H3,(H,41,46)(H,42,47)(H,58,59)/t12-,13-,16-,17-,18?,19?,20?,21?,22?,23?,24+,25-,26+,27-,28-,29+,30+,31?,32?,33-,34?,35-,36+,37+,38-,40-,71?/m1/s1. The Morgan fingerprint density at radius 2 is 1.21 bits per heavy atom. The van der Waals surface area contributed by atoms with Crippen LogP contribution in [0.3, 0.4) is 0 Å². The fraction of sp³-hybridized carbons (Fsp3) is 0.925. The van der Waals surface area contributed by atoms with Gasteiger partial charge in [-0.05, 0) is 6.66 Å². The SMILES string of the molecule is CC(=O)NC1[C@H](OC2[C@@H](OP(C)P)OC(CO[C@@H]3OC(CO)[C@@H](O[C@@H]4OC(CO[C@]5(C(=O)O)C[C@@H](O)[C@@H](C)C([C@H](O)[C@H](O)CO)O5)[C@H](O)[C@H](O)C4O)[C@H](O)C3NC(C)=O)[C@@H](O)[C@@H]2O)OC(CO)[C@@H](C)[C@@H]1O. The summed E-state index contributed by atoms with van der Waals surface area (Å²) >= 11 is 0. The summed E-state index contributed by atoms with van der Waals surface area (Å²) in [6.07, 6.45) is -36.6. The first-order valence-corrected chi connectivity index (χ1v) is 26.1. The maximum absolute atomic E-state index is 12.6. The van der Waals surface area contributed by atoms with Crippen molar-refractivity contribution >= 4 is 34.5 Å². The summed E-state index contributed by atoms with van der Waals surface area (Å²) < 4.78 is 58.4. The van der Waals surface area contributed by atoms with Crippen molar-refractivity contribution in [2.24, 2.45) is 11.8 Å². The van der Waals surface area contributed by atoms with E-state index in [2.05, 4.69) is 19.6 Å². The maximum atomic E-state index is 12.6. The van der Waals surface area contributed by atoms with Gasteiger partial charge in [0.1, 0.15) is 91.4 Å². The number of nitrogens with one attached hydrogen (secondary N) is 2. The van der Waals surface area contributed by atoms with Gasteiger partial charge < -0.3 is 129 Å². The Balaban J connectivity index is 1.30. The molecule has 2 amide bonds. The van der Waals surface area contributed by atoms with Crippen molar-refractivity contribution in [1.82, 2.24) is 10.6 Å². The van der Waals surface area contributed by atoms with Crippen LogP contribution in [-0.2, 0) is 61.5 Å². The molecular formula is C40H70N2O27P2. The number of aliphatic hydroxyl groups is 13. The predicted molar refractivity (Wildman–Crippen MR) is 235 cm³/mol. The Morgan fingerprint density at radius 3 is 1.77 bits per heavy atom. The lowest BCUT2D eigenvalue weighted by atomic mass is 9.84. The molecule has 29 nitrogen and oxygen atoms in total. The lowest BCUT2D eigenvalue weighted by Gasteiger charge is -2.49. The summed E-state index contributed by atoms with van der Waals surface area (Å²) in [6, 6.07) is -2.80. The monoisotopic (exact) mass is 1070 g/mol. The number of carboxylic acid groups (broad SMARTS) is 1. The van der Waals surface area contributed by atoms with E-state index in [1.807, 2.05) is 0 Å². The highest BCUT2D eigenvalue weighted by atomic mass is 32.0. The molecule has 0 saturated carbocycles. The zero-order chi connectivity index (χ0) is 53.0. The molecule has 5 heterocycles. The molecule has 5 aliphatic rings. The van der Waals surface area contributed by atoms with Gasteiger partial charge in [-0.1, -0.05) is 22.8 Å². The van der Waals surface area contributed by atoms with E-state index in [4.69, 9.17) is 47.2 Å². The molecule has 5 aliphatic heterocycles. The average molecular weight is 1070 g/mol. The molecule has 0 bridgehead atoms. The second-order valence-electron chi connectivity index (χ2n) is 18.3. The van der Waals surface area contributed by atoms with Gasteiger partial charge in [0.2, 0.25) is 11.8 Å². The third kappa shape index (κ3) is 13.9. The summed E-state index contributed by atoms with van der Waals surface area (Å²) in [4.78, 5) is 37.2. The fourth-order valence-electron chi connectivity index (χ4n) is 8.94. The van der Waals surface area contributed by atoms with Crippen LogP contribution in [-0.4, -0.2) is 276 Å². The Hall–Kier alpha value is -1.65. The van der Waals surface area contributed by atoms with Crippen LogP contribution in [0.1, 0.15) is 34.1 Å². The van der Waals surface area contributed by atoms with E-state index < -0.39 is 224 Å². The summed E-state index contributed by atoms with van der Waals surface area (Å²) in [5.74, 6) is -7.58. The zero-order valence-corrected chi connectivity index (χ0v) is 41.3. The van der Waals surface area contributed by atoms with E-state index in [9.17, 15) is 85.9 Å². The van der Waals surface area contributed by atoms with Gasteiger partial charge in [-0.2, -0.15) is 0 Å². The second kappa shape index (κ2) is 25.9. The van der Waals surface area contributed by atoms with Crippen molar-refractivity contribution in [2.75, 3.05) is 39.7 Å². The largest absolute Gasteiger partial charge is 0.477 e. The van der Waals surface area contributed by atoms with Crippen LogP contribution in [0.15, 0.2) is 0 Å². The van der Waals surface area contributed by atoms with Crippen LogP contribution in [0.4, 0.5) is 0 Å². The number of aliphatic hydroxyl groups excluding tert-OH is 13. The molecule has 16 N–H and O–H groups in total. The molecule has 0 radical (unpaired) electrons. The van der Waals surface area contributed by atoms with Gasteiger partial charge in [0.05, 0.1) is 57.5 Å². The molecule has 31 heteroatoms. The summed E-state index contributed by atoms with van der Waals surface area (Å²) in [5.41, 5.74) is 0. The molecule has 71 heavy (non-hydrogen) atoms. The van der Waals surface area contributed by atoms with Gasteiger partial charge in [0.25, 0.3) is 5.79 Å². The van der Waals surface area contributed by atoms with Gasteiger partial charge in [-0.25, -0.2) is 4.79 Å². The van der Waals surface area contributed by atoms with Crippen molar-refractivity contribution in [3.63, 3.8) is 0 Å². The van der Waals surface area contributed by atoms with Gasteiger partial charge in [-0.15, -0.1) is 0 Å². The van der Waals surface area contributed by atoms with Crippen LogP contribution >= 0.6 is 16.8 Å². The molecule has 28 atom stereocenters. The third-order valence-corrected chi connectivity index (χ3v) is 14.0. The molecule has 5 rings (SSSR count). The highest BCUT2D eigenvalue weighted by molar-refractivity contribution is 8.10. The van der Waals surface area contributed by atoms with Crippen LogP contribution < -0.4 is 10.6 Å². The minimum absolute atomic E-state index is 0.543. The highest BCUT2D eigenvalue weighted by Gasteiger charge is 2.57. The number of hydrogen-bond acceptors (Lipinski definition) is 26. The molecule has 0 aromatic rings. The molecule has 5 saturated heterocycles. The number of amides is 2. The fourth-order valence-corrected chi connectivity index (χ4v) is 9.80. The van der Waals surface area contributed by atoms with Gasteiger partial charge in [-0.3, -0.25) is 9.59 Å². The first kappa shape index (κ1) is 60.2. The molecular weight excluding hydrogens is 1000 g/mol. The quantitative estimate of drug-likeness (QED) is 0.0504. The normalized spacial score (nSPS) is 45.6. The summed E-state index contributed by atoms with van der Waals surface area (Å²) in [7, 11) is 1.03. The molecule has 412 valence electrons.